The van der Waals surface area contributed by atoms with E-state index >= 15 is 0 Å². The first-order valence-corrected chi connectivity index (χ1v) is 8.94. The molecule has 0 radical (unpaired) electrons. The standard InChI is InChI=1S/C20H23N3O5/c1-25-20-18(27-13-15-10-6-3-7-11-15)17(16(24)19(28-20)22-23-21)26-12-14-8-4-2-5-9-14/h2-11,16-20,24H,12-13H2,1H3/t16-,17+,18-,19-,20+/m1/s1. The summed E-state index contributed by atoms with van der Waals surface area (Å²) in [5, 5.41) is 14.2. The van der Waals surface area contributed by atoms with Crippen LogP contribution in [0.4, 0.5) is 0 Å². The summed E-state index contributed by atoms with van der Waals surface area (Å²) in [6.07, 6.45) is -4.71. The van der Waals surface area contributed by atoms with E-state index in [0.717, 1.165) is 11.1 Å². The van der Waals surface area contributed by atoms with Gasteiger partial charge in [0, 0.05) is 12.0 Å². The van der Waals surface area contributed by atoms with Gasteiger partial charge < -0.3 is 24.1 Å². The van der Waals surface area contributed by atoms with Crippen LogP contribution in [0.25, 0.3) is 10.4 Å². The summed E-state index contributed by atoms with van der Waals surface area (Å²) >= 11 is 0. The first-order valence-electron chi connectivity index (χ1n) is 8.94. The lowest BCUT2D eigenvalue weighted by Gasteiger charge is -2.42. The van der Waals surface area contributed by atoms with Crippen LogP contribution in [0.2, 0.25) is 0 Å². The second kappa shape index (κ2) is 10.2. The third kappa shape index (κ3) is 5.08. The summed E-state index contributed by atoms with van der Waals surface area (Å²) in [6.45, 7) is 0.548. The molecule has 0 unspecified atom stereocenters. The Morgan fingerprint density at radius 1 is 0.964 bits per heavy atom. The van der Waals surface area contributed by atoms with E-state index in [4.69, 9.17) is 24.5 Å². The van der Waals surface area contributed by atoms with E-state index in [1.165, 1.54) is 7.11 Å². The van der Waals surface area contributed by atoms with Crippen LogP contribution in [-0.2, 0) is 32.2 Å². The number of aliphatic hydroxyl groups excluding tert-OH is 1. The molecule has 3 rings (SSSR count). The number of benzene rings is 2. The minimum Gasteiger partial charge on any atom is -0.387 e. The smallest absolute Gasteiger partial charge is 0.186 e. The lowest BCUT2D eigenvalue weighted by atomic mass is 10.0. The molecule has 1 saturated heterocycles. The molecular weight excluding hydrogens is 362 g/mol. The molecule has 148 valence electrons. The average molecular weight is 385 g/mol. The number of aliphatic hydroxyl groups is 1. The first-order chi connectivity index (χ1) is 13.7. The number of nitrogens with zero attached hydrogens (tertiary/aromatic N) is 3. The van der Waals surface area contributed by atoms with Gasteiger partial charge in [-0.3, -0.25) is 0 Å². The maximum Gasteiger partial charge on any atom is 0.186 e. The number of rotatable bonds is 8. The highest BCUT2D eigenvalue weighted by Crippen LogP contribution is 2.28. The largest absolute Gasteiger partial charge is 0.387 e. The number of hydrogen-bond acceptors (Lipinski definition) is 6. The van der Waals surface area contributed by atoms with Gasteiger partial charge in [-0.2, -0.15) is 0 Å². The van der Waals surface area contributed by atoms with Crippen LogP contribution < -0.4 is 0 Å². The van der Waals surface area contributed by atoms with Crippen LogP contribution in [0.1, 0.15) is 11.1 Å². The molecule has 1 heterocycles. The van der Waals surface area contributed by atoms with E-state index in [9.17, 15) is 5.11 Å². The Morgan fingerprint density at radius 3 is 2.00 bits per heavy atom. The lowest BCUT2D eigenvalue weighted by Crippen LogP contribution is -2.59. The van der Waals surface area contributed by atoms with E-state index in [1.54, 1.807) is 0 Å². The van der Waals surface area contributed by atoms with E-state index in [1.807, 2.05) is 60.7 Å². The van der Waals surface area contributed by atoms with E-state index < -0.39 is 30.8 Å². The molecule has 1 N–H and O–H groups in total. The average Bonchev–Trinajstić information content (AvgIpc) is 2.74. The molecule has 0 aliphatic carbocycles. The fourth-order valence-electron chi connectivity index (χ4n) is 3.04. The summed E-state index contributed by atoms with van der Waals surface area (Å²) in [4.78, 5) is 2.74. The Morgan fingerprint density at radius 2 is 1.50 bits per heavy atom. The van der Waals surface area contributed by atoms with Crippen molar-refractivity contribution in [1.82, 2.24) is 0 Å². The minimum absolute atomic E-state index is 0.257. The van der Waals surface area contributed by atoms with Gasteiger partial charge in [0.1, 0.15) is 18.3 Å². The topological polar surface area (TPSA) is 106 Å². The molecule has 2 aromatic rings. The van der Waals surface area contributed by atoms with Gasteiger partial charge >= 0.3 is 0 Å². The van der Waals surface area contributed by atoms with Crippen LogP contribution in [0.15, 0.2) is 65.8 Å². The quantitative estimate of drug-likeness (QED) is 0.427. The molecule has 1 aliphatic heterocycles. The summed E-state index contributed by atoms with van der Waals surface area (Å²) < 4.78 is 22.9. The Hall–Kier alpha value is -2.45. The van der Waals surface area contributed by atoms with E-state index in [0.29, 0.717) is 6.61 Å². The van der Waals surface area contributed by atoms with Crippen molar-refractivity contribution in [2.75, 3.05) is 7.11 Å². The van der Waals surface area contributed by atoms with Crippen molar-refractivity contribution in [1.29, 1.82) is 0 Å². The normalized spacial score (nSPS) is 27.1. The van der Waals surface area contributed by atoms with Gasteiger partial charge in [0.2, 0.25) is 0 Å². The number of hydrogen-bond donors (Lipinski definition) is 1. The Labute approximate surface area is 163 Å². The molecule has 0 bridgehead atoms. The van der Waals surface area contributed by atoms with Gasteiger partial charge in [-0.25, -0.2) is 0 Å². The monoisotopic (exact) mass is 385 g/mol. The van der Waals surface area contributed by atoms with Crippen molar-refractivity contribution in [3.8, 4) is 0 Å². The highest BCUT2D eigenvalue weighted by molar-refractivity contribution is 5.14. The fraction of sp³-hybridized carbons (Fsp3) is 0.400. The zero-order valence-corrected chi connectivity index (χ0v) is 15.5. The summed E-state index contributed by atoms with van der Waals surface area (Å²) in [6, 6.07) is 19.2. The third-order valence-electron chi connectivity index (χ3n) is 4.46. The SMILES string of the molecule is CO[C@H]1O[C@@H](N=[N+]=[N-])[C@H](O)[C@H](OCc2ccccc2)[C@H]1OCc1ccccc1. The van der Waals surface area contributed by atoms with Gasteiger partial charge in [0.15, 0.2) is 12.5 Å². The molecule has 0 saturated carbocycles. The van der Waals surface area contributed by atoms with Gasteiger partial charge in [-0.05, 0) is 16.7 Å². The molecular formula is C20H23N3O5. The molecule has 0 spiro atoms. The van der Waals surface area contributed by atoms with Crippen molar-refractivity contribution >= 4 is 0 Å². The zero-order chi connectivity index (χ0) is 19.8. The predicted molar refractivity (Wildman–Crippen MR) is 101 cm³/mol. The van der Waals surface area contributed by atoms with Crippen LogP contribution >= 0.6 is 0 Å². The first kappa shape index (κ1) is 20.3. The molecule has 8 nitrogen and oxygen atoms in total. The van der Waals surface area contributed by atoms with Crippen LogP contribution in [0.3, 0.4) is 0 Å². The highest BCUT2D eigenvalue weighted by Gasteiger charge is 2.47. The molecule has 5 atom stereocenters. The number of methoxy groups -OCH3 is 1. The lowest BCUT2D eigenvalue weighted by molar-refractivity contribution is -0.308. The van der Waals surface area contributed by atoms with Gasteiger partial charge in [-0.15, -0.1) is 0 Å². The summed E-state index contributed by atoms with van der Waals surface area (Å²) in [5.74, 6) is 0. The zero-order valence-electron chi connectivity index (χ0n) is 15.5. The van der Waals surface area contributed by atoms with Crippen LogP contribution in [0, 0.1) is 0 Å². The van der Waals surface area contributed by atoms with Crippen LogP contribution in [-0.4, -0.2) is 43.0 Å². The maximum absolute atomic E-state index is 10.7. The van der Waals surface area contributed by atoms with Crippen molar-refractivity contribution < 1.29 is 24.1 Å². The maximum atomic E-state index is 10.7. The molecule has 2 aromatic carbocycles. The number of azide groups is 1. The molecule has 1 fully saturated rings. The molecule has 8 heteroatoms. The fourth-order valence-corrected chi connectivity index (χ4v) is 3.04. The van der Waals surface area contributed by atoms with E-state index in [-0.39, 0.29) is 6.61 Å². The third-order valence-corrected chi connectivity index (χ3v) is 4.46. The second-order valence-electron chi connectivity index (χ2n) is 6.35. The molecule has 0 amide bonds. The van der Waals surface area contributed by atoms with Crippen LogP contribution in [0.5, 0.6) is 0 Å². The molecule has 0 aromatic heterocycles. The second-order valence-corrected chi connectivity index (χ2v) is 6.35. The molecule has 1 aliphatic rings. The summed E-state index contributed by atoms with van der Waals surface area (Å²) in [7, 11) is 1.46. The van der Waals surface area contributed by atoms with Crippen molar-refractivity contribution in [3.05, 3.63) is 82.2 Å². The molecule has 28 heavy (non-hydrogen) atoms. The number of ether oxygens (including phenoxy) is 4. The highest BCUT2D eigenvalue weighted by atomic mass is 16.7. The summed E-state index contributed by atoms with van der Waals surface area (Å²) in [5.41, 5.74) is 10.7. The van der Waals surface area contributed by atoms with Crippen molar-refractivity contribution in [2.45, 2.75) is 44.0 Å². The predicted octanol–water partition coefficient (Wildman–Crippen LogP) is 3.16. The van der Waals surface area contributed by atoms with Gasteiger partial charge in [-0.1, -0.05) is 65.8 Å². The van der Waals surface area contributed by atoms with E-state index in [2.05, 4.69) is 10.0 Å². The van der Waals surface area contributed by atoms with Crippen molar-refractivity contribution in [2.24, 2.45) is 5.11 Å². The Bertz CT molecular complexity index is 770. The van der Waals surface area contributed by atoms with Gasteiger partial charge in [0.25, 0.3) is 0 Å². The Kier molecular flexibility index (Phi) is 7.39. The minimum atomic E-state index is -1.20. The van der Waals surface area contributed by atoms with Crippen molar-refractivity contribution in [3.63, 3.8) is 0 Å². The Balaban J connectivity index is 1.77. The van der Waals surface area contributed by atoms with Gasteiger partial charge in [0.05, 0.1) is 13.2 Å².